The molecule has 2 N–H and O–H groups in total. The number of amides is 2. The molecule has 0 saturated carbocycles. The summed E-state index contributed by atoms with van der Waals surface area (Å²) >= 11 is 0. The molecule has 9 heteroatoms. The standard InChI is InChI=1S/C21H26N4O4S/c1-21(2,3)17-11-18(25(24-17)13-8-9-30(28,29)12-13)23-20(27)15-10-19(26)22-16-7-5-4-6-14(15)16/h4-7,11,13,15H,8-10,12H2,1-3H3,(H,22,26)(H,23,27)/t13-,15+/m0/s1. The molecule has 30 heavy (non-hydrogen) atoms. The molecule has 2 aliphatic rings. The van der Waals surface area contributed by atoms with Gasteiger partial charge >= 0.3 is 0 Å². The van der Waals surface area contributed by atoms with Crippen LogP contribution in [0.15, 0.2) is 30.3 Å². The zero-order chi connectivity index (χ0) is 21.7. The number of carbonyl (C=O) groups is 2. The fraction of sp³-hybridized carbons (Fsp3) is 0.476. The number of nitrogens with one attached hydrogen (secondary N) is 2. The summed E-state index contributed by atoms with van der Waals surface area (Å²) < 4.78 is 25.6. The minimum atomic E-state index is -3.11. The average Bonchev–Trinajstić information content (AvgIpc) is 3.23. The predicted molar refractivity (Wildman–Crippen MR) is 114 cm³/mol. The molecular formula is C21H26N4O4S. The van der Waals surface area contributed by atoms with Crippen molar-refractivity contribution >= 4 is 33.2 Å². The highest BCUT2D eigenvalue weighted by Gasteiger charge is 2.35. The van der Waals surface area contributed by atoms with Crippen molar-refractivity contribution in [1.82, 2.24) is 9.78 Å². The molecule has 1 aromatic carbocycles. The molecule has 2 amide bonds. The Labute approximate surface area is 176 Å². The lowest BCUT2D eigenvalue weighted by Crippen LogP contribution is -2.31. The first-order valence-corrected chi connectivity index (χ1v) is 11.9. The molecule has 0 radical (unpaired) electrons. The average molecular weight is 431 g/mol. The molecule has 1 aromatic heterocycles. The Morgan fingerprint density at radius 3 is 2.67 bits per heavy atom. The Kier molecular flexibility index (Phi) is 4.96. The number of rotatable bonds is 3. The third-order valence-corrected chi connectivity index (χ3v) is 7.38. The Balaban J connectivity index is 1.67. The van der Waals surface area contributed by atoms with Crippen LogP contribution >= 0.6 is 0 Å². The molecule has 0 aliphatic carbocycles. The van der Waals surface area contributed by atoms with Crippen molar-refractivity contribution in [3.63, 3.8) is 0 Å². The summed E-state index contributed by atoms with van der Waals surface area (Å²) in [6.07, 6.45) is 0.520. The van der Waals surface area contributed by atoms with Crippen LogP contribution in [0.3, 0.4) is 0 Å². The molecule has 0 unspecified atom stereocenters. The number of nitrogens with zero attached hydrogens (tertiary/aromatic N) is 2. The van der Waals surface area contributed by atoms with Gasteiger partial charge in [0.2, 0.25) is 11.8 Å². The van der Waals surface area contributed by atoms with E-state index in [0.717, 1.165) is 11.3 Å². The van der Waals surface area contributed by atoms with E-state index >= 15 is 0 Å². The molecular weight excluding hydrogens is 404 g/mol. The van der Waals surface area contributed by atoms with E-state index in [1.807, 2.05) is 39.0 Å². The summed E-state index contributed by atoms with van der Waals surface area (Å²) in [7, 11) is -3.11. The van der Waals surface area contributed by atoms with E-state index < -0.39 is 15.8 Å². The van der Waals surface area contributed by atoms with Gasteiger partial charge in [0.05, 0.1) is 29.2 Å². The number of anilines is 2. The molecule has 0 bridgehead atoms. The molecule has 3 heterocycles. The summed E-state index contributed by atoms with van der Waals surface area (Å²) in [4.78, 5) is 25.3. The van der Waals surface area contributed by atoms with Gasteiger partial charge in [-0.3, -0.25) is 9.59 Å². The van der Waals surface area contributed by atoms with E-state index in [4.69, 9.17) is 0 Å². The number of benzene rings is 1. The molecule has 2 atom stereocenters. The Hall–Kier alpha value is -2.68. The zero-order valence-corrected chi connectivity index (χ0v) is 18.1. The number of aromatic nitrogens is 2. The van der Waals surface area contributed by atoms with Crippen LogP contribution in [0.5, 0.6) is 0 Å². The van der Waals surface area contributed by atoms with E-state index in [0.29, 0.717) is 17.9 Å². The Morgan fingerprint density at radius 1 is 1.27 bits per heavy atom. The van der Waals surface area contributed by atoms with Crippen molar-refractivity contribution in [3.05, 3.63) is 41.6 Å². The van der Waals surface area contributed by atoms with E-state index in [2.05, 4.69) is 15.7 Å². The number of carbonyl (C=O) groups excluding carboxylic acids is 2. The number of sulfone groups is 1. The van der Waals surface area contributed by atoms with Crippen LogP contribution in [0.1, 0.15) is 56.8 Å². The smallest absolute Gasteiger partial charge is 0.233 e. The first kappa shape index (κ1) is 20.6. The lowest BCUT2D eigenvalue weighted by Gasteiger charge is -2.25. The fourth-order valence-corrected chi connectivity index (χ4v) is 5.65. The molecule has 4 rings (SSSR count). The maximum atomic E-state index is 13.2. The molecule has 2 aliphatic heterocycles. The van der Waals surface area contributed by atoms with E-state index in [9.17, 15) is 18.0 Å². The fourth-order valence-electron chi connectivity index (χ4n) is 3.96. The van der Waals surface area contributed by atoms with Crippen LogP contribution in [-0.4, -0.2) is 41.5 Å². The maximum absolute atomic E-state index is 13.2. The second kappa shape index (κ2) is 7.23. The van der Waals surface area contributed by atoms with Gasteiger partial charge in [0.25, 0.3) is 0 Å². The van der Waals surface area contributed by atoms with Crippen molar-refractivity contribution in [2.75, 3.05) is 22.1 Å². The number of hydrogen-bond acceptors (Lipinski definition) is 5. The third-order valence-electron chi connectivity index (χ3n) is 5.63. The van der Waals surface area contributed by atoms with Gasteiger partial charge in [-0.05, 0) is 18.1 Å². The Morgan fingerprint density at radius 2 is 2.00 bits per heavy atom. The van der Waals surface area contributed by atoms with Crippen LogP contribution in [0.4, 0.5) is 11.5 Å². The van der Waals surface area contributed by atoms with Gasteiger partial charge < -0.3 is 10.6 Å². The summed E-state index contributed by atoms with van der Waals surface area (Å²) in [5.41, 5.74) is 1.91. The topological polar surface area (TPSA) is 110 Å². The largest absolute Gasteiger partial charge is 0.326 e. The lowest BCUT2D eigenvalue weighted by atomic mass is 9.89. The van der Waals surface area contributed by atoms with Crippen molar-refractivity contribution in [2.45, 2.75) is 51.0 Å². The SMILES string of the molecule is CC(C)(C)c1cc(NC(=O)[C@@H]2CC(=O)Nc3ccccc32)n([C@H]2CCS(=O)(=O)C2)n1. The zero-order valence-electron chi connectivity index (χ0n) is 17.3. The number of hydrogen-bond donors (Lipinski definition) is 2. The Bertz CT molecular complexity index is 1110. The number of para-hydroxylation sites is 1. The van der Waals surface area contributed by atoms with Crippen LogP contribution in [0, 0.1) is 0 Å². The van der Waals surface area contributed by atoms with Crippen LogP contribution in [0.25, 0.3) is 0 Å². The molecule has 2 aromatic rings. The van der Waals surface area contributed by atoms with Crippen LogP contribution < -0.4 is 10.6 Å². The third kappa shape index (κ3) is 3.98. The highest BCUT2D eigenvalue weighted by Crippen LogP contribution is 2.35. The van der Waals surface area contributed by atoms with Crippen molar-refractivity contribution in [3.8, 4) is 0 Å². The molecule has 0 spiro atoms. The minimum absolute atomic E-state index is 0.00972. The van der Waals surface area contributed by atoms with Crippen LogP contribution in [0.2, 0.25) is 0 Å². The predicted octanol–water partition coefficient (Wildman–Crippen LogP) is 2.60. The van der Waals surface area contributed by atoms with Gasteiger partial charge in [-0.2, -0.15) is 5.10 Å². The van der Waals surface area contributed by atoms with Crippen LogP contribution in [-0.2, 0) is 24.8 Å². The molecule has 8 nitrogen and oxygen atoms in total. The summed E-state index contributed by atoms with van der Waals surface area (Å²) in [5, 5.41) is 10.4. The highest BCUT2D eigenvalue weighted by molar-refractivity contribution is 7.91. The molecule has 1 fully saturated rings. The lowest BCUT2D eigenvalue weighted by molar-refractivity contribution is -0.123. The molecule has 160 valence electrons. The van der Waals surface area contributed by atoms with Gasteiger partial charge in [0.1, 0.15) is 5.82 Å². The first-order valence-electron chi connectivity index (χ1n) is 10.0. The van der Waals surface area contributed by atoms with Crippen molar-refractivity contribution in [1.29, 1.82) is 0 Å². The van der Waals surface area contributed by atoms with E-state index in [-0.39, 0.29) is 41.2 Å². The van der Waals surface area contributed by atoms with Crippen molar-refractivity contribution < 1.29 is 18.0 Å². The van der Waals surface area contributed by atoms with Crippen molar-refractivity contribution in [2.24, 2.45) is 0 Å². The van der Waals surface area contributed by atoms with Gasteiger partial charge in [-0.1, -0.05) is 39.0 Å². The second-order valence-corrected chi connectivity index (χ2v) is 11.3. The molecule has 1 saturated heterocycles. The quantitative estimate of drug-likeness (QED) is 0.778. The maximum Gasteiger partial charge on any atom is 0.233 e. The van der Waals surface area contributed by atoms with E-state index in [1.54, 1.807) is 16.8 Å². The summed E-state index contributed by atoms with van der Waals surface area (Å²) in [6.45, 7) is 6.04. The minimum Gasteiger partial charge on any atom is -0.326 e. The highest BCUT2D eigenvalue weighted by atomic mass is 32.2. The normalized spacial score (nSPS) is 23.0. The first-order chi connectivity index (χ1) is 14.0. The number of fused-ring (bicyclic) bond motifs is 1. The summed E-state index contributed by atoms with van der Waals surface area (Å²) in [6, 6.07) is 8.74. The van der Waals surface area contributed by atoms with Gasteiger partial charge in [0, 0.05) is 23.6 Å². The summed E-state index contributed by atoms with van der Waals surface area (Å²) in [5.74, 6) is -0.541. The van der Waals surface area contributed by atoms with Gasteiger partial charge in [-0.25, -0.2) is 13.1 Å². The van der Waals surface area contributed by atoms with E-state index in [1.165, 1.54) is 0 Å². The van der Waals surface area contributed by atoms with Gasteiger partial charge in [-0.15, -0.1) is 0 Å². The monoisotopic (exact) mass is 430 g/mol. The second-order valence-electron chi connectivity index (χ2n) is 9.05. The van der Waals surface area contributed by atoms with Gasteiger partial charge in [0.15, 0.2) is 9.84 Å².